The number of sulfonamides is 1. The smallest absolute Gasteiger partial charge is 0.242 e. The van der Waals surface area contributed by atoms with Crippen molar-refractivity contribution in [3.63, 3.8) is 0 Å². The molecule has 30 heavy (non-hydrogen) atoms. The van der Waals surface area contributed by atoms with E-state index in [4.69, 9.17) is 0 Å². The quantitative estimate of drug-likeness (QED) is 0.652. The second kappa shape index (κ2) is 8.08. The summed E-state index contributed by atoms with van der Waals surface area (Å²) in [5, 5.41) is 3.28. The summed E-state index contributed by atoms with van der Waals surface area (Å²) in [6.07, 6.45) is 5.48. The van der Waals surface area contributed by atoms with Crippen LogP contribution >= 0.6 is 0 Å². The molecular weight excluding hydrogens is 400 g/mol. The van der Waals surface area contributed by atoms with Crippen molar-refractivity contribution in [1.29, 1.82) is 0 Å². The fourth-order valence-corrected chi connectivity index (χ4v) is 4.51. The summed E-state index contributed by atoms with van der Waals surface area (Å²) >= 11 is 0. The van der Waals surface area contributed by atoms with Crippen LogP contribution in [-0.4, -0.2) is 54.9 Å². The molecule has 2 N–H and O–H groups in total. The number of anilines is 3. The van der Waals surface area contributed by atoms with E-state index in [-0.39, 0.29) is 4.90 Å². The van der Waals surface area contributed by atoms with Crippen molar-refractivity contribution in [2.24, 2.45) is 0 Å². The van der Waals surface area contributed by atoms with Gasteiger partial charge in [-0.15, -0.1) is 0 Å². The van der Waals surface area contributed by atoms with Crippen LogP contribution in [-0.2, 0) is 22.9 Å². The Morgan fingerprint density at radius 2 is 1.83 bits per heavy atom. The Kier molecular flexibility index (Phi) is 5.48. The van der Waals surface area contributed by atoms with Gasteiger partial charge in [0, 0.05) is 69.4 Å². The number of imidazole rings is 1. The van der Waals surface area contributed by atoms with E-state index >= 15 is 0 Å². The number of nitrogens with one attached hydrogen (secondary N) is 2. The first-order valence-electron chi connectivity index (χ1n) is 9.87. The highest BCUT2D eigenvalue weighted by Gasteiger charge is 2.19. The minimum absolute atomic E-state index is 0.261. The molecule has 2 aromatic heterocycles. The van der Waals surface area contributed by atoms with Gasteiger partial charge < -0.3 is 15.2 Å². The summed E-state index contributed by atoms with van der Waals surface area (Å²) in [5.74, 6) is 0.722. The van der Waals surface area contributed by atoms with Crippen LogP contribution in [0.5, 0.6) is 0 Å². The highest BCUT2D eigenvalue weighted by atomic mass is 32.2. The second-order valence-electron chi connectivity index (χ2n) is 7.61. The molecule has 9 heteroatoms. The Morgan fingerprint density at radius 1 is 1.10 bits per heavy atom. The maximum atomic E-state index is 12.2. The van der Waals surface area contributed by atoms with Crippen molar-refractivity contribution in [3.8, 4) is 0 Å². The lowest BCUT2D eigenvalue weighted by Crippen LogP contribution is -2.27. The molecule has 0 radical (unpaired) electrons. The van der Waals surface area contributed by atoms with Crippen molar-refractivity contribution < 1.29 is 8.42 Å². The summed E-state index contributed by atoms with van der Waals surface area (Å²) in [6.45, 7) is 3.88. The zero-order chi connectivity index (χ0) is 21.3. The lowest BCUT2D eigenvalue weighted by Gasteiger charge is -2.25. The fraction of sp³-hybridized carbons (Fsp3) is 0.333. The third-order valence-electron chi connectivity index (χ3n) is 5.38. The van der Waals surface area contributed by atoms with Gasteiger partial charge in [0.15, 0.2) is 0 Å². The Morgan fingerprint density at radius 3 is 2.57 bits per heavy atom. The summed E-state index contributed by atoms with van der Waals surface area (Å²) in [5.41, 5.74) is 5.41. The van der Waals surface area contributed by atoms with Gasteiger partial charge >= 0.3 is 0 Å². The van der Waals surface area contributed by atoms with E-state index in [9.17, 15) is 8.42 Å². The number of nitrogens with zero attached hydrogens (tertiary/aromatic N) is 4. The van der Waals surface area contributed by atoms with Crippen molar-refractivity contribution in [1.82, 2.24) is 19.3 Å². The van der Waals surface area contributed by atoms with Gasteiger partial charge in [0.05, 0.1) is 16.9 Å². The van der Waals surface area contributed by atoms with Crippen LogP contribution in [0.25, 0.3) is 0 Å². The number of hydrogen-bond acceptors (Lipinski definition) is 6. The molecule has 0 atom stereocenters. The first kappa shape index (κ1) is 20.4. The Labute approximate surface area is 177 Å². The SMILES string of the molecule is Cc1cnc(Nc2ccc(S(=O)(=O)N(C)C)cc2)cc1N1CCc2nc[nH]c2CC1. The normalized spacial score (nSPS) is 14.5. The molecule has 0 saturated carbocycles. The van der Waals surface area contributed by atoms with Gasteiger partial charge in [0.1, 0.15) is 5.82 Å². The molecule has 0 bridgehead atoms. The zero-order valence-corrected chi connectivity index (χ0v) is 18.2. The molecule has 1 aromatic carbocycles. The monoisotopic (exact) mass is 426 g/mol. The van der Waals surface area contributed by atoms with E-state index in [2.05, 4.69) is 32.1 Å². The van der Waals surface area contributed by atoms with E-state index in [1.165, 1.54) is 24.1 Å². The molecule has 0 fully saturated rings. The third kappa shape index (κ3) is 4.03. The largest absolute Gasteiger partial charge is 0.370 e. The van der Waals surface area contributed by atoms with Gasteiger partial charge in [0.2, 0.25) is 10.0 Å². The number of aryl methyl sites for hydroxylation is 1. The number of pyridine rings is 1. The van der Waals surface area contributed by atoms with Crippen LogP contribution in [0, 0.1) is 6.92 Å². The van der Waals surface area contributed by atoms with Gasteiger partial charge in [-0.3, -0.25) is 0 Å². The molecule has 3 aromatic rings. The lowest BCUT2D eigenvalue weighted by molar-refractivity contribution is 0.521. The second-order valence-corrected chi connectivity index (χ2v) is 9.76. The first-order valence-corrected chi connectivity index (χ1v) is 11.3. The van der Waals surface area contributed by atoms with E-state index in [0.29, 0.717) is 0 Å². The number of aromatic nitrogens is 3. The number of H-pyrrole nitrogens is 1. The van der Waals surface area contributed by atoms with Crippen LogP contribution in [0.15, 0.2) is 47.8 Å². The minimum atomic E-state index is -3.44. The van der Waals surface area contributed by atoms with Crippen molar-refractivity contribution in [2.45, 2.75) is 24.7 Å². The van der Waals surface area contributed by atoms with Crippen LogP contribution in [0.4, 0.5) is 17.2 Å². The lowest BCUT2D eigenvalue weighted by atomic mass is 10.2. The Balaban J connectivity index is 1.52. The number of hydrogen-bond donors (Lipinski definition) is 2. The van der Waals surface area contributed by atoms with Gasteiger partial charge in [-0.05, 0) is 36.8 Å². The van der Waals surface area contributed by atoms with Crippen LogP contribution in [0.2, 0.25) is 0 Å². The summed E-state index contributed by atoms with van der Waals surface area (Å²) in [4.78, 5) is 14.8. The fourth-order valence-electron chi connectivity index (χ4n) is 3.61. The molecule has 3 heterocycles. The highest BCUT2D eigenvalue weighted by Crippen LogP contribution is 2.27. The van der Waals surface area contributed by atoms with Crippen LogP contribution < -0.4 is 10.2 Å². The van der Waals surface area contributed by atoms with E-state index in [1.807, 2.05) is 12.3 Å². The van der Waals surface area contributed by atoms with Gasteiger partial charge in [-0.1, -0.05) is 0 Å². The first-order chi connectivity index (χ1) is 14.3. The van der Waals surface area contributed by atoms with Crippen molar-refractivity contribution >= 4 is 27.2 Å². The molecule has 8 nitrogen and oxygen atoms in total. The molecule has 1 aliphatic rings. The third-order valence-corrected chi connectivity index (χ3v) is 7.21. The summed E-state index contributed by atoms with van der Waals surface area (Å²) in [7, 11) is -0.394. The Hall–Kier alpha value is -2.91. The molecule has 0 aliphatic carbocycles. The highest BCUT2D eigenvalue weighted by molar-refractivity contribution is 7.89. The molecule has 0 amide bonds. The molecule has 1 aliphatic heterocycles. The zero-order valence-electron chi connectivity index (χ0n) is 17.4. The maximum Gasteiger partial charge on any atom is 0.242 e. The predicted molar refractivity (Wildman–Crippen MR) is 118 cm³/mol. The van der Waals surface area contributed by atoms with Gasteiger partial charge in [0.25, 0.3) is 0 Å². The van der Waals surface area contributed by atoms with E-state index in [0.717, 1.165) is 54.4 Å². The van der Waals surface area contributed by atoms with E-state index in [1.54, 1.807) is 30.6 Å². The Bertz CT molecular complexity index is 1120. The average molecular weight is 427 g/mol. The summed E-state index contributed by atoms with van der Waals surface area (Å²) < 4.78 is 25.7. The molecule has 0 unspecified atom stereocenters. The van der Waals surface area contributed by atoms with E-state index < -0.39 is 10.0 Å². The number of rotatable bonds is 5. The molecular formula is C21H26N6O2S. The topological polar surface area (TPSA) is 94.2 Å². The summed E-state index contributed by atoms with van der Waals surface area (Å²) in [6, 6.07) is 8.75. The molecule has 0 saturated heterocycles. The molecule has 4 rings (SSSR count). The molecule has 158 valence electrons. The van der Waals surface area contributed by atoms with Gasteiger partial charge in [-0.25, -0.2) is 22.7 Å². The van der Waals surface area contributed by atoms with Crippen molar-refractivity contribution in [3.05, 3.63) is 59.8 Å². The van der Waals surface area contributed by atoms with Crippen LogP contribution in [0.3, 0.4) is 0 Å². The van der Waals surface area contributed by atoms with Crippen LogP contribution in [0.1, 0.15) is 17.0 Å². The number of benzene rings is 1. The van der Waals surface area contributed by atoms with Crippen molar-refractivity contribution in [2.75, 3.05) is 37.4 Å². The maximum absolute atomic E-state index is 12.2. The predicted octanol–water partition coefficient (Wildman–Crippen LogP) is 2.71. The molecule has 0 spiro atoms. The standard InChI is InChI=1S/C21H26N6O2S/c1-15-13-22-21(25-16-4-6-17(7-5-16)30(28,29)26(2)3)12-20(15)27-10-8-18-19(9-11-27)24-14-23-18/h4-7,12-14H,8-11H2,1-3H3,(H,22,25)(H,23,24). The number of fused-ring (bicyclic) bond motifs is 1. The number of aromatic amines is 1. The minimum Gasteiger partial charge on any atom is -0.370 e. The van der Waals surface area contributed by atoms with Gasteiger partial charge in [-0.2, -0.15) is 0 Å². The average Bonchev–Trinajstić information content (AvgIpc) is 3.08.